The number of para-hydroxylation sites is 1. The van der Waals surface area contributed by atoms with Crippen LogP contribution in [0.4, 0.5) is 0 Å². The van der Waals surface area contributed by atoms with Crippen LogP contribution in [0, 0.1) is 0 Å². The molecular formula is C29H23Br2N3O6. The summed E-state index contributed by atoms with van der Waals surface area (Å²) in [5.74, 6) is 1.20. The normalized spacial score (nSPS) is 12.2. The van der Waals surface area contributed by atoms with E-state index in [1.807, 2.05) is 24.3 Å². The van der Waals surface area contributed by atoms with Crippen LogP contribution in [0.25, 0.3) is 33.5 Å². The molecule has 40 heavy (non-hydrogen) atoms. The number of aromatic nitrogens is 2. The quantitative estimate of drug-likeness (QED) is 0.136. The third kappa shape index (κ3) is 5.39. The van der Waals surface area contributed by atoms with Gasteiger partial charge in [-0.3, -0.25) is 4.79 Å². The first-order chi connectivity index (χ1) is 19.3. The van der Waals surface area contributed by atoms with Crippen molar-refractivity contribution in [3.05, 3.63) is 85.5 Å². The molecule has 204 valence electrons. The minimum Gasteiger partial charge on any atom is -0.496 e. The van der Waals surface area contributed by atoms with Gasteiger partial charge in [-0.05, 0) is 93.7 Å². The molecule has 5 aromatic rings. The SMILES string of the molecule is CCOC(=O)[C@@H](C)Oc1c(Br)cc(C=Nn2c(-c3cc4c(OC)cccc4o3)nc3ccccc3c2=O)cc1Br. The number of furan rings is 1. The Kier molecular flexibility index (Phi) is 8.04. The lowest BCUT2D eigenvalue weighted by atomic mass is 10.2. The van der Waals surface area contributed by atoms with E-state index in [1.165, 1.54) is 10.9 Å². The van der Waals surface area contributed by atoms with E-state index in [0.29, 0.717) is 48.3 Å². The fourth-order valence-electron chi connectivity index (χ4n) is 4.09. The molecule has 3 aromatic carbocycles. The summed E-state index contributed by atoms with van der Waals surface area (Å²) in [6.45, 7) is 3.61. The summed E-state index contributed by atoms with van der Waals surface area (Å²) in [5, 5.41) is 5.67. The zero-order valence-electron chi connectivity index (χ0n) is 21.7. The maximum absolute atomic E-state index is 13.6. The molecule has 0 aliphatic heterocycles. The molecule has 0 aliphatic rings. The van der Waals surface area contributed by atoms with Crippen LogP contribution in [0.15, 0.2) is 83.9 Å². The molecule has 11 heteroatoms. The molecule has 2 aromatic heterocycles. The summed E-state index contributed by atoms with van der Waals surface area (Å²) in [6.07, 6.45) is 0.720. The van der Waals surface area contributed by atoms with Gasteiger partial charge in [0, 0.05) is 0 Å². The third-order valence-corrected chi connectivity index (χ3v) is 7.15. The van der Waals surface area contributed by atoms with E-state index in [2.05, 4.69) is 37.0 Å². The van der Waals surface area contributed by atoms with Crippen molar-refractivity contribution in [1.82, 2.24) is 9.66 Å². The number of carbonyl (C=O) groups excluding carboxylic acids is 1. The zero-order chi connectivity index (χ0) is 28.4. The summed E-state index contributed by atoms with van der Waals surface area (Å²) >= 11 is 6.99. The first-order valence-electron chi connectivity index (χ1n) is 12.3. The van der Waals surface area contributed by atoms with Gasteiger partial charge in [0.15, 0.2) is 11.9 Å². The lowest BCUT2D eigenvalue weighted by molar-refractivity contribution is -0.150. The van der Waals surface area contributed by atoms with Crippen LogP contribution in [0.1, 0.15) is 19.4 Å². The summed E-state index contributed by atoms with van der Waals surface area (Å²) < 4.78 is 24.7. The Hall–Kier alpha value is -3.96. The van der Waals surface area contributed by atoms with Gasteiger partial charge in [-0.2, -0.15) is 9.78 Å². The fourth-order valence-corrected chi connectivity index (χ4v) is 5.50. The molecule has 0 amide bonds. The Labute approximate surface area is 245 Å². The molecule has 9 nitrogen and oxygen atoms in total. The number of hydrogen-bond acceptors (Lipinski definition) is 8. The predicted octanol–water partition coefficient (Wildman–Crippen LogP) is 6.56. The second kappa shape index (κ2) is 11.6. The molecule has 5 rings (SSSR count). The number of carbonyl (C=O) groups is 1. The van der Waals surface area contributed by atoms with Crippen molar-refractivity contribution in [3.63, 3.8) is 0 Å². The zero-order valence-corrected chi connectivity index (χ0v) is 24.9. The molecule has 0 saturated carbocycles. The number of fused-ring (bicyclic) bond motifs is 2. The van der Waals surface area contributed by atoms with E-state index in [-0.39, 0.29) is 18.0 Å². The van der Waals surface area contributed by atoms with Crippen LogP contribution in [0.2, 0.25) is 0 Å². The lowest BCUT2D eigenvalue weighted by Crippen LogP contribution is -2.26. The Bertz CT molecular complexity index is 1810. The van der Waals surface area contributed by atoms with Crippen LogP contribution in [-0.4, -0.2) is 41.7 Å². The summed E-state index contributed by atoms with van der Waals surface area (Å²) in [4.78, 5) is 30.3. The first kappa shape index (κ1) is 27.6. The number of hydrogen-bond donors (Lipinski definition) is 0. The third-order valence-electron chi connectivity index (χ3n) is 5.97. The van der Waals surface area contributed by atoms with Gasteiger partial charge in [0.1, 0.15) is 17.1 Å². The molecule has 0 aliphatic carbocycles. The van der Waals surface area contributed by atoms with E-state index in [4.69, 9.17) is 23.6 Å². The molecule has 0 saturated heterocycles. The van der Waals surface area contributed by atoms with Crippen LogP contribution in [-0.2, 0) is 9.53 Å². The van der Waals surface area contributed by atoms with Crippen molar-refractivity contribution in [2.24, 2.45) is 5.10 Å². The molecule has 1 atom stereocenters. The molecule has 2 heterocycles. The van der Waals surface area contributed by atoms with Crippen LogP contribution in [0.5, 0.6) is 11.5 Å². The van der Waals surface area contributed by atoms with E-state index in [9.17, 15) is 9.59 Å². The van der Waals surface area contributed by atoms with Crippen molar-refractivity contribution in [1.29, 1.82) is 0 Å². The number of nitrogens with zero attached hydrogens (tertiary/aromatic N) is 3. The Morgan fingerprint density at radius 2 is 1.85 bits per heavy atom. The topological polar surface area (TPSA) is 105 Å². The lowest BCUT2D eigenvalue weighted by Gasteiger charge is -2.16. The van der Waals surface area contributed by atoms with Crippen molar-refractivity contribution in [3.8, 4) is 23.1 Å². The Morgan fingerprint density at radius 1 is 1.10 bits per heavy atom. The number of ether oxygens (including phenoxy) is 3. The van der Waals surface area contributed by atoms with E-state index >= 15 is 0 Å². The smallest absolute Gasteiger partial charge is 0.347 e. The fraction of sp³-hybridized carbons (Fsp3) is 0.172. The highest BCUT2D eigenvalue weighted by molar-refractivity contribution is 9.11. The van der Waals surface area contributed by atoms with Gasteiger partial charge in [-0.25, -0.2) is 9.78 Å². The molecule has 0 radical (unpaired) electrons. The maximum Gasteiger partial charge on any atom is 0.347 e. The van der Waals surface area contributed by atoms with E-state index < -0.39 is 12.1 Å². The van der Waals surface area contributed by atoms with Crippen molar-refractivity contribution in [2.75, 3.05) is 13.7 Å². The number of halogens is 2. The number of benzene rings is 3. The van der Waals surface area contributed by atoms with Crippen molar-refractivity contribution in [2.45, 2.75) is 20.0 Å². The summed E-state index contributed by atoms with van der Waals surface area (Å²) in [7, 11) is 1.58. The highest BCUT2D eigenvalue weighted by Crippen LogP contribution is 2.36. The number of methoxy groups -OCH3 is 1. The molecule has 0 N–H and O–H groups in total. The van der Waals surface area contributed by atoms with Crippen LogP contribution in [0.3, 0.4) is 0 Å². The highest BCUT2D eigenvalue weighted by Gasteiger charge is 2.20. The summed E-state index contributed by atoms with van der Waals surface area (Å²) in [5.41, 5.74) is 1.40. The molecule has 0 fully saturated rings. The summed E-state index contributed by atoms with van der Waals surface area (Å²) in [6, 6.07) is 17.8. The van der Waals surface area contributed by atoms with E-state index in [1.54, 1.807) is 57.4 Å². The minimum atomic E-state index is -0.806. The van der Waals surface area contributed by atoms with E-state index in [0.717, 1.165) is 5.39 Å². The van der Waals surface area contributed by atoms with Crippen LogP contribution < -0.4 is 15.0 Å². The Balaban J connectivity index is 1.57. The number of esters is 1. The van der Waals surface area contributed by atoms with Gasteiger partial charge in [0.05, 0.1) is 45.2 Å². The second-order valence-electron chi connectivity index (χ2n) is 8.62. The predicted molar refractivity (Wildman–Crippen MR) is 159 cm³/mol. The van der Waals surface area contributed by atoms with Gasteiger partial charge in [-0.1, -0.05) is 18.2 Å². The van der Waals surface area contributed by atoms with Crippen molar-refractivity contribution >= 4 is 65.9 Å². The van der Waals surface area contributed by atoms with Gasteiger partial charge >= 0.3 is 5.97 Å². The van der Waals surface area contributed by atoms with Crippen molar-refractivity contribution < 1.29 is 23.4 Å². The largest absolute Gasteiger partial charge is 0.496 e. The number of rotatable bonds is 8. The van der Waals surface area contributed by atoms with Gasteiger partial charge in [0.25, 0.3) is 5.56 Å². The highest BCUT2D eigenvalue weighted by atomic mass is 79.9. The first-order valence-corrected chi connectivity index (χ1v) is 13.8. The molecule has 0 spiro atoms. The van der Waals surface area contributed by atoms with Crippen LogP contribution >= 0.6 is 31.9 Å². The average molecular weight is 669 g/mol. The van der Waals surface area contributed by atoms with Gasteiger partial charge in [0.2, 0.25) is 5.82 Å². The Morgan fingerprint density at radius 3 is 2.58 bits per heavy atom. The standard InChI is InChI=1S/C29H23Br2N3O6/c1-4-38-29(36)16(2)39-26-20(30)12-17(13-21(26)31)15-32-34-27(33-22-9-6-5-8-18(22)28(34)35)25-14-19-23(37-3)10-7-11-24(19)40-25/h5-16H,4H2,1-3H3/t16-/m1/s1. The van der Waals surface area contributed by atoms with Gasteiger partial charge in [-0.15, -0.1) is 0 Å². The molecule has 0 bridgehead atoms. The average Bonchev–Trinajstić information content (AvgIpc) is 3.39. The van der Waals surface area contributed by atoms with Gasteiger partial charge < -0.3 is 18.6 Å². The maximum atomic E-state index is 13.6. The monoisotopic (exact) mass is 667 g/mol. The second-order valence-corrected chi connectivity index (χ2v) is 10.3. The molecule has 0 unspecified atom stereocenters. The molecular weight excluding hydrogens is 646 g/mol. The minimum absolute atomic E-state index is 0.236.